The smallest absolute Gasteiger partial charge is 0.274 e. The molecular weight excluding hydrogens is 469 g/mol. The molecule has 0 spiro atoms. The van der Waals surface area contributed by atoms with Crippen molar-refractivity contribution in [2.45, 2.75) is 5.54 Å². The van der Waals surface area contributed by atoms with Crippen molar-refractivity contribution >= 4 is 34.6 Å². The second-order valence-electron chi connectivity index (χ2n) is 8.56. The molecule has 0 aliphatic carbocycles. The minimum atomic E-state index is -0.650. The van der Waals surface area contributed by atoms with Gasteiger partial charge >= 0.3 is 0 Å². The average molecular weight is 490 g/mol. The molecule has 1 saturated heterocycles. The van der Waals surface area contributed by atoms with Gasteiger partial charge in [-0.25, -0.2) is 8.91 Å². The number of H-pyrrole nitrogens is 1. The third-order valence-corrected chi connectivity index (χ3v) is 6.36. The lowest BCUT2D eigenvalue weighted by molar-refractivity contribution is 0.0847. The first-order valence-corrected chi connectivity index (χ1v) is 10.9. The van der Waals surface area contributed by atoms with Crippen LogP contribution in [0.1, 0.15) is 16.1 Å². The van der Waals surface area contributed by atoms with E-state index < -0.39 is 11.4 Å². The maximum Gasteiger partial charge on any atom is 0.274 e. The SMILES string of the molecule is Cl.O=C(NC1(c2ccc(F)cc2)CNC1)c1cc2c(=O)[nH]c(-c3ccc4ccccc4c3)cn2n1. The molecule has 176 valence electrons. The van der Waals surface area contributed by atoms with Crippen molar-refractivity contribution in [3.05, 3.63) is 106 Å². The van der Waals surface area contributed by atoms with Gasteiger partial charge < -0.3 is 15.6 Å². The summed E-state index contributed by atoms with van der Waals surface area (Å²) in [7, 11) is 0. The van der Waals surface area contributed by atoms with Crippen LogP contribution < -0.4 is 16.2 Å². The Morgan fingerprint density at radius 1 is 1.00 bits per heavy atom. The van der Waals surface area contributed by atoms with Crippen molar-refractivity contribution in [3.63, 3.8) is 0 Å². The molecule has 7 nitrogen and oxygen atoms in total. The lowest BCUT2D eigenvalue weighted by atomic mass is 9.84. The number of aromatic amines is 1. The molecule has 1 amide bonds. The van der Waals surface area contributed by atoms with E-state index in [1.54, 1.807) is 18.3 Å². The monoisotopic (exact) mass is 489 g/mol. The molecule has 2 aromatic heterocycles. The predicted molar refractivity (Wildman–Crippen MR) is 134 cm³/mol. The first-order chi connectivity index (χ1) is 16.5. The van der Waals surface area contributed by atoms with Gasteiger partial charge in [0.05, 0.1) is 17.4 Å². The molecule has 3 aromatic carbocycles. The van der Waals surface area contributed by atoms with Gasteiger partial charge in [0.1, 0.15) is 11.3 Å². The lowest BCUT2D eigenvalue weighted by Gasteiger charge is -2.43. The number of rotatable bonds is 4. The number of hydrogen-bond acceptors (Lipinski definition) is 4. The predicted octanol–water partition coefficient (Wildman–Crippen LogP) is 3.63. The fourth-order valence-corrected chi connectivity index (χ4v) is 4.41. The van der Waals surface area contributed by atoms with Crippen molar-refractivity contribution in [1.29, 1.82) is 0 Å². The van der Waals surface area contributed by atoms with Crippen LogP contribution in [0.5, 0.6) is 0 Å². The number of carbonyl (C=O) groups is 1. The summed E-state index contributed by atoms with van der Waals surface area (Å²) in [4.78, 5) is 28.8. The zero-order valence-corrected chi connectivity index (χ0v) is 19.2. The number of fused-ring (bicyclic) bond motifs is 2. The Bertz CT molecular complexity index is 1620. The molecule has 1 aliphatic rings. The maximum atomic E-state index is 13.4. The number of amides is 1. The number of nitrogens with one attached hydrogen (secondary N) is 3. The Morgan fingerprint density at radius 3 is 2.46 bits per heavy atom. The van der Waals surface area contributed by atoms with Gasteiger partial charge in [-0.3, -0.25) is 9.59 Å². The normalized spacial score (nSPS) is 14.3. The first-order valence-electron chi connectivity index (χ1n) is 10.9. The average Bonchev–Trinajstić information content (AvgIpc) is 3.27. The largest absolute Gasteiger partial charge is 0.339 e. The number of nitrogens with zero attached hydrogens (tertiary/aromatic N) is 2. The summed E-state index contributed by atoms with van der Waals surface area (Å²) in [6.45, 7) is 1.04. The van der Waals surface area contributed by atoms with Crippen molar-refractivity contribution < 1.29 is 9.18 Å². The number of carbonyl (C=O) groups excluding carboxylic acids is 1. The third kappa shape index (κ3) is 3.96. The van der Waals surface area contributed by atoms with Crippen LogP contribution in [0.4, 0.5) is 4.39 Å². The molecule has 0 saturated carbocycles. The molecule has 9 heteroatoms. The summed E-state index contributed by atoms with van der Waals surface area (Å²) in [5, 5.41) is 12.7. The van der Waals surface area contributed by atoms with Crippen LogP contribution in [0, 0.1) is 5.82 Å². The molecule has 6 rings (SSSR count). The van der Waals surface area contributed by atoms with Gasteiger partial charge in [-0.05, 0) is 34.5 Å². The second-order valence-corrected chi connectivity index (χ2v) is 8.56. The lowest BCUT2D eigenvalue weighted by Crippen LogP contribution is -2.66. The number of benzene rings is 3. The topological polar surface area (TPSA) is 91.3 Å². The Labute approximate surface area is 205 Å². The Balaban J connectivity index is 0.00000253. The highest BCUT2D eigenvalue weighted by molar-refractivity contribution is 5.94. The van der Waals surface area contributed by atoms with E-state index in [4.69, 9.17) is 0 Å². The molecule has 3 heterocycles. The van der Waals surface area contributed by atoms with Crippen LogP contribution in [0.25, 0.3) is 27.5 Å². The zero-order chi connectivity index (χ0) is 23.3. The van der Waals surface area contributed by atoms with Crippen LogP contribution in [-0.4, -0.2) is 33.6 Å². The fourth-order valence-electron chi connectivity index (χ4n) is 4.41. The van der Waals surface area contributed by atoms with Crippen molar-refractivity contribution in [3.8, 4) is 11.3 Å². The standard InChI is InChI=1S/C26H20FN5O2.ClH/c27-20-9-7-19(8-10-20)26(14-28-15-26)30-24(33)21-12-23-25(34)29-22(13-32(23)31-21)18-6-5-16-3-1-2-4-17(16)11-18;/h1-13,28H,14-15H2,(H,29,34)(H,30,33);1H. The van der Waals surface area contributed by atoms with Gasteiger partial charge in [0, 0.05) is 24.7 Å². The highest BCUT2D eigenvalue weighted by Gasteiger charge is 2.40. The molecule has 0 atom stereocenters. The van der Waals surface area contributed by atoms with E-state index in [1.165, 1.54) is 22.7 Å². The van der Waals surface area contributed by atoms with E-state index in [2.05, 4.69) is 20.7 Å². The number of aromatic nitrogens is 3. The Morgan fingerprint density at radius 2 is 1.74 bits per heavy atom. The molecular formula is C26H21ClFN5O2. The minimum Gasteiger partial charge on any atom is -0.339 e. The molecule has 5 aromatic rings. The number of halogens is 2. The van der Waals surface area contributed by atoms with Crippen molar-refractivity contribution in [2.75, 3.05) is 13.1 Å². The van der Waals surface area contributed by atoms with E-state index >= 15 is 0 Å². The summed E-state index contributed by atoms with van der Waals surface area (Å²) in [6, 6.07) is 21.5. The zero-order valence-electron chi connectivity index (χ0n) is 18.4. The van der Waals surface area contributed by atoms with E-state index in [1.807, 2.05) is 42.5 Å². The van der Waals surface area contributed by atoms with Crippen LogP contribution >= 0.6 is 12.4 Å². The van der Waals surface area contributed by atoms with Crippen LogP contribution in [0.15, 0.2) is 83.8 Å². The van der Waals surface area contributed by atoms with Gasteiger partial charge in [0.2, 0.25) is 0 Å². The van der Waals surface area contributed by atoms with Crippen molar-refractivity contribution in [2.24, 2.45) is 0 Å². The van der Waals surface area contributed by atoms with Crippen LogP contribution in [0.3, 0.4) is 0 Å². The molecule has 1 aliphatic heterocycles. The van der Waals surface area contributed by atoms with Crippen molar-refractivity contribution in [1.82, 2.24) is 25.2 Å². The highest BCUT2D eigenvalue weighted by atomic mass is 35.5. The Kier molecular flexibility index (Phi) is 5.62. The molecule has 0 unspecified atom stereocenters. The molecule has 1 fully saturated rings. The van der Waals surface area contributed by atoms with Gasteiger partial charge in [0.15, 0.2) is 5.69 Å². The van der Waals surface area contributed by atoms with Crippen LogP contribution in [0.2, 0.25) is 0 Å². The maximum absolute atomic E-state index is 13.4. The molecule has 35 heavy (non-hydrogen) atoms. The summed E-state index contributed by atoms with van der Waals surface area (Å²) in [6.07, 6.45) is 1.71. The highest BCUT2D eigenvalue weighted by Crippen LogP contribution is 2.27. The van der Waals surface area contributed by atoms with Gasteiger partial charge in [-0.2, -0.15) is 5.10 Å². The number of hydrogen-bond donors (Lipinski definition) is 3. The quantitative estimate of drug-likeness (QED) is 0.359. The van der Waals surface area contributed by atoms with Gasteiger partial charge in [0.25, 0.3) is 11.5 Å². The molecule has 0 radical (unpaired) electrons. The molecule has 3 N–H and O–H groups in total. The second kappa shape index (κ2) is 8.65. The molecule has 0 bridgehead atoms. The summed E-state index contributed by atoms with van der Waals surface area (Å²) in [5.41, 5.74) is 1.67. The fraction of sp³-hybridized carbons (Fsp3) is 0.115. The third-order valence-electron chi connectivity index (χ3n) is 6.36. The summed E-state index contributed by atoms with van der Waals surface area (Å²) >= 11 is 0. The van der Waals surface area contributed by atoms with Crippen LogP contribution in [-0.2, 0) is 5.54 Å². The van der Waals surface area contributed by atoms with E-state index in [0.717, 1.165) is 21.9 Å². The summed E-state index contributed by atoms with van der Waals surface area (Å²) < 4.78 is 14.8. The first kappa shape index (κ1) is 22.8. The minimum absolute atomic E-state index is 0. The van der Waals surface area contributed by atoms with Gasteiger partial charge in [-0.15, -0.1) is 12.4 Å². The van der Waals surface area contributed by atoms with E-state index in [9.17, 15) is 14.0 Å². The van der Waals surface area contributed by atoms with E-state index in [-0.39, 0.29) is 35.0 Å². The Hall–Kier alpha value is -4.01. The van der Waals surface area contributed by atoms with E-state index in [0.29, 0.717) is 18.8 Å². The van der Waals surface area contributed by atoms with Gasteiger partial charge in [-0.1, -0.05) is 48.5 Å². The summed E-state index contributed by atoms with van der Waals surface area (Å²) in [5.74, 6) is -0.736.